The van der Waals surface area contributed by atoms with Crippen molar-refractivity contribution in [2.45, 2.75) is 25.2 Å². The van der Waals surface area contributed by atoms with Crippen molar-refractivity contribution in [3.63, 3.8) is 0 Å². The summed E-state index contributed by atoms with van der Waals surface area (Å²) >= 11 is 0. The number of benzene rings is 1. The topological polar surface area (TPSA) is 58.2 Å². The Hall–Kier alpha value is -2.28. The third kappa shape index (κ3) is 2.63. The summed E-state index contributed by atoms with van der Waals surface area (Å²) in [7, 11) is 0. The lowest BCUT2D eigenvalue weighted by molar-refractivity contribution is 0.122. The van der Waals surface area contributed by atoms with Gasteiger partial charge in [-0.2, -0.15) is 0 Å². The van der Waals surface area contributed by atoms with Crippen molar-refractivity contribution in [1.29, 1.82) is 0 Å². The minimum atomic E-state index is -0.852. The van der Waals surface area contributed by atoms with E-state index in [0.29, 0.717) is 56.4 Å². The fourth-order valence-electron chi connectivity index (χ4n) is 3.60. The molecule has 1 N–H and O–H groups in total. The van der Waals surface area contributed by atoms with E-state index in [2.05, 4.69) is 9.97 Å². The quantitative estimate of drug-likeness (QED) is 0.925. The predicted octanol–water partition coefficient (Wildman–Crippen LogP) is 2.27. The summed E-state index contributed by atoms with van der Waals surface area (Å²) in [6, 6.07) is 3.86. The van der Waals surface area contributed by atoms with Gasteiger partial charge in [-0.25, -0.2) is 13.8 Å². The molecule has 5 nitrogen and oxygen atoms in total. The molecule has 1 aliphatic carbocycles. The molecule has 0 atom stereocenters. The van der Waals surface area contributed by atoms with Crippen molar-refractivity contribution in [2.75, 3.05) is 31.2 Å². The van der Waals surface area contributed by atoms with E-state index in [1.807, 2.05) is 4.90 Å². The van der Waals surface area contributed by atoms with E-state index in [0.717, 1.165) is 0 Å². The Labute approximate surface area is 143 Å². The van der Waals surface area contributed by atoms with Crippen molar-refractivity contribution in [1.82, 2.24) is 9.97 Å². The van der Waals surface area contributed by atoms with Crippen LogP contribution in [0.15, 0.2) is 23.0 Å². The summed E-state index contributed by atoms with van der Waals surface area (Å²) < 4.78 is 34.1. The number of rotatable bonds is 3. The zero-order valence-corrected chi connectivity index (χ0v) is 13.9. The molecule has 0 spiro atoms. The second kappa shape index (κ2) is 5.91. The van der Waals surface area contributed by atoms with Gasteiger partial charge >= 0.3 is 0 Å². The summed E-state index contributed by atoms with van der Waals surface area (Å²) in [6.07, 6.45) is 1.15. The average Bonchev–Trinajstić information content (AvgIpc) is 3.39. The van der Waals surface area contributed by atoms with E-state index in [9.17, 15) is 13.6 Å². The molecular formula is C18H19F2N3O2. The average molecular weight is 347 g/mol. The predicted molar refractivity (Wildman–Crippen MR) is 89.0 cm³/mol. The van der Waals surface area contributed by atoms with Gasteiger partial charge in [0.1, 0.15) is 11.6 Å². The molecule has 0 unspecified atom stereocenters. The number of aromatic amines is 1. The van der Waals surface area contributed by atoms with E-state index >= 15 is 0 Å². The molecule has 0 bridgehead atoms. The maximum atomic E-state index is 14.4. The van der Waals surface area contributed by atoms with E-state index in [-0.39, 0.29) is 11.1 Å². The summed E-state index contributed by atoms with van der Waals surface area (Å²) in [6.45, 7) is 4.00. The number of ether oxygens (including phenoxy) is 1. The van der Waals surface area contributed by atoms with Crippen molar-refractivity contribution in [3.05, 3.63) is 57.0 Å². The first kappa shape index (κ1) is 16.2. The molecule has 2 aromatic rings. The largest absolute Gasteiger partial charge is 0.378 e. The van der Waals surface area contributed by atoms with Crippen molar-refractivity contribution >= 4 is 5.95 Å². The molecule has 25 heavy (non-hydrogen) atoms. The Balaban J connectivity index is 1.85. The smallest absolute Gasteiger partial charge is 0.255 e. The fourth-order valence-corrected chi connectivity index (χ4v) is 3.60. The number of halogens is 2. The molecule has 0 radical (unpaired) electrons. The number of H-pyrrole nitrogens is 1. The molecular weight excluding hydrogens is 328 g/mol. The summed E-state index contributed by atoms with van der Waals surface area (Å²) in [4.78, 5) is 21.8. The molecule has 132 valence electrons. The van der Waals surface area contributed by atoms with Gasteiger partial charge in [-0.05, 0) is 31.9 Å². The van der Waals surface area contributed by atoms with Crippen LogP contribution >= 0.6 is 0 Å². The standard InChI is InChI=1S/C18H19F2N3O2/c1-11-15(18(5-6-18)14-12(19)3-2-4-13(14)20)21-17(22-16(11)24)23-7-9-25-10-8-23/h2-4H,5-10H2,1H3,(H,21,22,24). The highest BCUT2D eigenvalue weighted by Crippen LogP contribution is 2.54. The van der Waals surface area contributed by atoms with Crippen LogP contribution in [0.2, 0.25) is 0 Å². The minimum Gasteiger partial charge on any atom is -0.378 e. The van der Waals surface area contributed by atoms with Crippen molar-refractivity contribution < 1.29 is 13.5 Å². The highest BCUT2D eigenvalue weighted by Gasteiger charge is 2.52. The van der Waals surface area contributed by atoms with Crippen LogP contribution in [0.25, 0.3) is 0 Å². The zero-order chi connectivity index (χ0) is 17.6. The molecule has 2 fully saturated rings. The molecule has 2 aliphatic rings. The molecule has 7 heteroatoms. The highest BCUT2D eigenvalue weighted by molar-refractivity contribution is 5.48. The first-order chi connectivity index (χ1) is 12.0. The Morgan fingerprint density at radius 1 is 1.20 bits per heavy atom. The number of hydrogen-bond donors (Lipinski definition) is 1. The molecule has 1 aromatic carbocycles. The van der Waals surface area contributed by atoms with E-state index in [1.165, 1.54) is 18.2 Å². The third-order valence-corrected chi connectivity index (χ3v) is 5.09. The van der Waals surface area contributed by atoms with Crippen LogP contribution in [-0.2, 0) is 10.2 Å². The van der Waals surface area contributed by atoms with E-state index in [4.69, 9.17) is 4.74 Å². The second-order valence-corrected chi connectivity index (χ2v) is 6.64. The Kier molecular flexibility index (Phi) is 3.83. The lowest BCUT2D eigenvalue weighted by Gasteiger charge is -2.28. The van der Waals surface area contributed by atoms with Crippen LogP contribution in [0.4, 0.5) is 14.7 Å². The van der Waals surface area contributed by atoms with E-state index < -0.39 is 17.0 Å². The molecule has 1 saturated carbocycles. The Bertz CT molecular complexity index is 851. The van der Waals surface area contributed by atoms with E-state index in [1.54, 1.807) is 6.92 Å². The van der Waals surface area contributed by atoms with Gasteiger partial charge in [0, 0.05) is 29.6 Å². The van der Waals surface area contributed by atoms with Crippen LogP contribution in [0.1, 0.15) is 29.7 Å². The van der Waals surface area contributed by atoms with Gasteiger partial charge in [0.25, 0.3) is 5.56 Å². The number of nitrogens with zero attached hydrogens (tertiary/aromatic N) is 2. The number of aromatic nitrogens is 2. The molecule has 1 aliphatic heterocycles. The van der Waals surface area contributed by atoms with Gasteiger partial charge in [-0.3, -0.25) is 9.78 Å². The number of anilines is 1. The highest BCUT2D eigenvalue weighted by atomic mass is 19.1. The number of morpholine rings is 1. The SMILES string of the molecule is Cc1c(C2(c3c(F)cccc3F)CC2)nc(N2CCOCC2)[nH]c1=O. The van der Waals surface area contributed by atoms with Crippen LogP contribution in [0.3, 0.4) is 0 Å². The van der Waals surface area contributed by atoms with Gasteiger partial charge in [0.15, 0.2) is 0 Å². The lowest BCUT2D eigenvalue weighted by atomic mass is 9.89. The summed E-state index contributed by atoms with van der Waals surface area (Å²) in [5.74, 6) is -0.740. The molecule has 1 saturated heterocycles. The maximum Gasteiger partial charge on any atom is 0.255 e. The summed E-state index contributed by atoms with van der Waals surface area (Å²) in [5, 5.41) is 0. The van der Waals surface area contributed by atoms with Gasteiger partial charge in [0.05, 0.1) is 18.9 Å². The van der Waals surface area contributed by atoms with Gasteiger partial charge in [0.2, 0.25) is 5.95 Å². The maximum absolute atomic E-state index is 14.4. The van der Waals surface area contributed by atoms with Crippen molar-refractivity contribution in [2.24, 2.45) is 0 Å². The molecule has 1 aromatic heterocycles. The number of hydrogen-bond acceptors (Lipinski definition) is 4. The van der Waals surface area contributed by atoms with Gasteiger partial charge in [-0.1, -0.05) is 6.07 Å². The van der Waals surface area contributed by atoms with Crippen LogP contribution in [0, 0.1) is 18.6 Å². The molecule has 4 rings (SSSR count). The van der Waals surface area contributed by atoms with Gasteiger partial charge in [-0.15, -0.1) is 0 Å². The Morgan fingerprint density at radius 2 is 1.84 bits per heavy atom. The lowest BCUT2D eigenvalue weighted by Crippen LogP contribution is -2.39. The molecule has 0 amide bonds. The summed E-state index contributed by atoms with van der Waals surface area (Å²) in [5.41, 5.74) is -0.216. The van der Waals surface area contributed by atoms with Crippen molar-refractivity contribution in [3.8, 4) is 0 Å². The monoisotopic (exact) mass is 347 g/mol. The molecule has 2 heterocycles. The fraction of sp³-hybridized carbons (Fsp3) is 0.444. The zero-order valence-electron chi connectivity index (χ0n) is 13.9. The first-order valence-electron chi connectivity index (χ1n) is 8.41. The number of nitrogens with one attached hydrogen (secondary N) is 1. The minimum absolute atomic E-state index is 0.0177. The van der Waals surface area contributed by atoms with Crippen LogP contribution in [0.5, 0.6) is 0 Å². The Morgan fingerprint density at radius 3 is 2.44 bits per heavy atom. The first-order valence-corrected chi connectivity index (χ1v) is 8.41. The van der Waals surface area contributed by atoms with Crippen LogP contribution < -0.4 is 10.5 Å². The van der Waals surface area contributed by atoms with Gasteiger partial charge < -0.3 is 9.64 Å². The third-order valence-electron chi connectivity index (χ3n) is 5.09. The van der Waals surface area contributed by atoms with Crippen LogP contribution in [-0.4, -0.2) is 36.3 Å². The second-order valence-electron chi connectivity index (χ2n) is 6.64. The normalized spacial score (nSPS) is 19.1.